The molecule has 0 radical (unpaired) electrons. The fourth-order valence-electron chi connectivity index (χ4n) is 5.32. The zero-order chi connectivity index (χ0) is 25.7. The van der Waals surface area contributed by atoms with E-state index in [1.54, 1.807) is 13.8 Å². The summed E-state index contributed by atoms with van der Waals surface area (Å²) in [7, 11) is 2.20. The summed E-state index contributed by atoms with van der Waals surface area (Å²) in [6, 6.07) is 16.9. The van der Waals surface area contributed by atoms with Crippen LogP contribution in [0, 0.1) is 6.92 Å². The number of fused-ring (bicyclic) bond motifs is 2. The summed E-state index contributed by atoms with van der Waals surface area (Å²) in [4.78, 5) is 16.5. The van der Waals surface area contributed by atoms with Crippen LogP contribution in [0.2, 0.25) is 0 Å². The molecule has 0 aliphatic carbocycles. The minimum atomic E-state index is -1.03. The number of pyridine rings is 1. The van der Waals surface area contributed by atoms with Gasteiger partial charge in [0, 0.05) is 46.1 Å². The molecule has 37 heavy (non-hydrogen) atoms. The predicted octanol–water partition coefficient (Wildman–Crippen LogP) is 5.32. The first-order valence-corrected chi connectivity index (χ1v) is 12.9. The summed E-state index contributed by atoms with van der Waals surface area (Å²) >= 11 is 0. The first-order chi connectivity index (χ1) is 17.8. The van der Waals surface area contributed by atoms with E-state index in [1.807, 2.05) is 35.9 Å². The zero-order valence-corrected chi connectivity index (χ0v) is 21.8. The zero-order valence-electron chi connectivity index (χ0n) is 21.8. The normalized spacial score (nSPS) is 15.6. The van der Waals surface area contributed by atoms with E-state index in [2.05, 4.69) is 63.3 Å². The van der Waals surface area contributed by atoms with Gasteiger partial charge >= 0.3 is 0 Å². The van der Waals surface area contributed by atoms with Crippen LogP contribution in [0.15, 0.2) is 60.9 Å². The molecular formula is C29H33N7O. The van der Waals surface area contributed by atoms with E-state index in [4.69, 9.17) is 9.97 Å². The molecule has 8 nitrogen and oxygen atoms in total. The van der Waals surface area contributed by atoms with Gasteiger partial charge in [-0.05, 0) is 96.2 Å². The molecule has 4 aromatic heterocycles. The SMILES string of the molecule is Cc1cc2cnc(Nc3ccc4c(ccn4C4CCN(C)CC4)c3)nc2n1-c1cccc(C(C)(C)O)n1. The molecule has 0 atom stereocenters. The number of anilines is 2. The maximum absolute atomic E-state index is 10.5. The van der Waals surface area contributed by atoms with Gasteiger partial charge in [0.2, 0.25) is 5.95 Å². The average Bonchev–Trinajstić information content (AvgIpc) is 3.44. The van der Waals surface area contributed by atoms with Gasteiger partial charge < -0.3 is 19.9 Å². The maximum Gasteiger partial charge on any atom is 0.229 e. The first kappa shape index (κ1) is 23.6. The Balaban J connectivity index is 1.31. The van der Waals surface area contributed by atoms with Crippen molar-refractivity contribution in [3.63, 3.8) is 0 Å². The summed E-state index contributed by atoms with van der Waals surface area (Å²) in [6.07, 6.45) is 6.42. The van der Waals surface area contributed by atoms with Crippen molar-refractivity contribution in [2.24, 2.45) is 0 Å². The van der Waals surface area contributed by atoms with Gasteiger partial charge in [-0.2, -0.15) is 4.98 Å². The number of aliphatic hydroxyl groups is 1. The molecule has 8 heteroatoms. The van der Waals surface area contributed by atoms with Crippen molar-refractivity contribution in [1.82, 2.24) is 29.0 Å². The van der Waals surface area contributed by atoms with Crippen molar-refractivity contribution in [1.29, 1.82) is 0 Å². The Morgan fingerprint density at radius 2 is 1.81 bits per heavy atom. The number of rotatable bonds is 5. The van der Waals surface area contributed by atoms with Gasteiger partial charge in [0.25, 0.3) is 0 Å². The molecule has 5 heterocycles. The lowest BCUT2D eigenvalue weighted by Crippen LogP contribution is -2.31. The van der Waals surface area contributed by atoms with Crippen LogP contribution in [-0.2, 0) is 5.60 Å². The minimum Gasteiger partial charge on any atom is -0.384 e. The molecule has 2 N–H and O–H groups in total. The molecule has 1 aliphatic rings. The number of aromatic nitrogens is 5. The molecule has 0 amide bonds. The van der Waals surface area contributed by atoms with Crippen LogP contribution in [0.25, 0.3) is 27.8 Å². The van der Waals surface area contributed by atoms with E-state index in [9.17, 15) is 5.11 Å². The fourth-order valence-corrected chi connectivity index (χ4v) is 5.32. The minimum absolute atomic E-state index is 0.527. The molecule has 1 fully saturated rings. The summed E-state index contributed by atoms with van der Waals surface area (Å²) in [5.74, 6) is 1.24. The van der Waals surface area contributed by atoms with Crippen molar-refractivity contribution in [2.75, 3.05) is 25.5 Å². The van der Waals surface area contributed by atoms with E-state index in [1.165, 1.54) is 23.7 Å². The lowest BCUT2D eigenvalue weighted by Gasteiger charge is -2.30. The second kappa shape index (κ2) is 8.97. The Labute approximate surface area is 216 Å². The highest BCUT2D eigenvalue weighted by molar-refractivity contribution is 5.85. The summed E-state index contributed by atoms with van der Waals surface area (Å²) < 4.78 is 4.43. The van der Waals surface area contributed by atoms with E-state index < -0.39 is 5.60 Å². The number of benzene rings is 1. The number of aryl methyl sites for hydroxylation is 1. The number of nitrogens with zero attached hydrogens (tertiary/aromatic N) is 6. The summed E-state index contributed by atoms with van der Waals surface area (Å²) in [5, 5.41) is 16.0. The third-order valence-electron chi connectivity index (χ3n) is 7.37. The Morgan fingerprint density at radius 1 is 1.00 bits per heavy atom. The van der Waals surface area contributed by atoms with Crippen LogP contribution >= 0.6 is 0 Å². The van der Waals surface area contributed by atoms with Crippen LogP contribution in [-0.4, -0.2) is 54.2 Å². The van der Waals surface area contributed by atoms with Gasteiger partial charge in [-0.1, -0.05) is 6.07 Å². The van der Waals surface area contributed by atoms with E-state index >= 15 is 0 Å². The van der Waals surface area contributed by atoms with Gasteiger partial charge in [-0.25, -0.2) is 9.97 Å². The van der Waals surface area contributed by atoms with Crippen LogP contribution in [0.4, 0.5) is 11.6 Å². The molecule has 6 rings (SSSR count). The molecular weight excluding hydrogens is 462 g/mol. The van der Waals surface area contributed by atoms with Crippen molar-refractivity contribution in [2.45, 2.75) is 45.3 Å². The topological polar surface area (TPSA) is 84.0 Å². The van der Waals surface area contributed by atoms with Crippen LogP contribution < -0.4 is 5.32 Å². The summed E-state index contributed by atoms with van der Waals surface area (Å²) in [6.45, 7) is 7.78. The molecule has 0 bridgehead atoms. The Morgan fingerprint density at radius 3 is 2.59 bits per heavy atom. The van der Waals surface area contributed by atoms with Crippen molar-refractivity contribution in [3.05, 3.63) is 72.3 Å². The largest absolute Gasteiger partial charge is 0.384 e. The predicted molar refractivity (Wildman–Crippen MR) is 148 cm³/mol. The third kappa shape index (κ3) is 4.47. The van der Waals surface area contributed by atoms with Gasteiger partial charge in [-0.3, -0.25) is 4.57 Å². The molecule has 1 aromatic carbocycles. The van der Waals surface area contributed by atoms with Crippen molar-refractivity contribution >= 4 is 33.6 Å². The van der Waals surface area contributed by atoms with E-state index in [0.717, 1.165) is 35.5 Å². The highest BCUT2D eigenvalue weighted by Gasteiger charge is 2.21. The van der Waals surface area contributed by atoms with Gasteiger partial charge in [0.15, 0.2) is 5.65 Å². The van der Waals surface area contributed by atoms with Gasteiger partial charge in [-0.15, -0.1) is 0 Å². The third-order valence-corrected chi connectivity index (χ3v) is 7.37. The first-order valence-electron chi connectivity index (χ1n) is 12.9. The smallest absolute Gasteiger partial charge is 0.229 e. The van der Waals surface area contributed by atoms with Gasteiger partial charge in [0.05, 0.1) is 5.69 Å². The highest BCUT2D eigenvalue weighted by Crippen LogP contribution is 2.30. The van der Waals surface area contributed by atoms with E-state index in [-0.39, 0.29) is 0 Å². The van der Waals surface area contributed by atoms with Crippen molar-refractivity contribution < 1.29 is 5.11 Å². The van der Waals surface area contributed by atoms with Crippen LogP contribution in [0.5, 0.6) is 0 Å². The Kier molecular flexibility index (Phi) is 5.73. The molecule has 190 valence electrons. The maximum atomic E-state index is 10.5. The van der Waals surface area contributed by atoms with Crippen LogP contribution in [0.1, 0.15) is 44.1 Å². The molecule has 1 aliphatic heterocycles. The lowest BCUT2D eigenvalue weighted by atomic mass is 10.1. The van der Waals surface area contributed by atoms with Crippen LogP contribution in [0.3, 0.4) is 0 Å². The van der Waals surface area contributed by atoms with Gasteiger partial charge in [0.1, 0.15) is 11.4 Å². The lowest BCUT2D eigenvalue weighted by molar-refractivity contribution is 0.0738. The Hall–Kier alpha value is -3.75. The second-order valence-electron chi connectivity index (χ2n) is 10.7. The van der Waals surface area contributed by atoms with E-state index in [0.29, 0.717) is 23.5 Å². The molecule has 5 aromatic rings. The second-order valence-corrected chi connectivity index (χ2v) is 10.7. The standard InChI is InChI=1S/C29H33N7O/c1-19-16-21-18-30-28(33-27(21)36(19)26-7-5-6-25(32-26)29(2,3)37)31-22-8-9-24-20(17-22)10-15-35(24)23-11-13-34(4)14-12-23/h5-10,15-18,23,37H,11-14H2,1-4H3,(H,30,31,33). The Bertz CT molecular complexity index is 1590. The average molecular weight is 496 g/mol. The number of nitrogens with one attached hydrogen (secondary N) is 1. The molecule has 0 unspecified atom stereocenters. The van der Waals surface area contributed by atoms with Crippen molar-refractivity contribution in [3.8, 4) is 5.82 Å². The monoisotopic (exact) mass is 495 g/mol. The quantitative estimate of drug-likeness (QED) is 0.344. The number of piperidine rings is 1. The fraction of sp³-hybridized carbons (Fsp3) is 0.345. The molecule has 0 saturated carbocycles. The number of hydrogen-bond donors (Lipinski definition) is 2. The highest BCUT2D eigenvalue weighted by atomic mass is 16.3. The molecule has 1 saturated heterocycles. The number of likely N-dealkylation sites (tertiary alicyclic amines) is 1. The molecule has 0 spiro atoms. The number of hydrogen-bond acceptors (Lipinski definition) is 6. The summed E-state index contributed by atoms with van der Waals surface area (Å²) in [5.41, 5.74) is 3.56.